The van der Waals surface area contributed by atoms with Crippen molar-refractivity contribution in [2.45, 2.75) is 25.9 Å². The maximum Gasteiger partial charge on any atom is 0.338 e. The molecule has 2 aromatic rings. The van der Waals surface area contributed by atoms with Gasteiger partial charge in [-0.1, -0.05) is 36.4 Å². The summed E-state index contributed by atoms with van der Waals surface area (Å²) in [6, 6.07) is 16.0. The van der Waals surface area contributed by atoms with E-state index in [1.807, 2.05) is 36.4 Å². The van der Waals surface area contributed by atoms with Crippen molar-refractivity contribution in [3.05, 3.63) is 70.8 Å². The number of carbonyl (C=O) groups excluding carboxylic acids is 1. The smallest absolute Gasteiger partial charge is 0.338 e. The maximum atomic E-state index is 12.0. The third-order valence-corrected chi connectivity index (χ3v) is 3.76. The Morgan fingerprint density at radius 1 is 1.05 bits per heavy atom. The predicted molar refractivity (Wildman–Crippen MR) is 82.0 cm³/mol. The lowest BCUT2D eigenvalue weighted by molar-refractivity contribution is 0.0500. The second-order valence-electron chi connectivity index (χ2n) is 5.31. The topological polar surface area (TPSA) is 38.3 Å². The lowest BCUT2D eigenvalue weighted by Crippen LogP contribution is -2.07. The predicted octanol–water partition coefficient (Wildman–Crippen LogP) is 3.08. The zero-order valence-electron chi connectivity index (χ0n) is 12.0. The van der Waals surface area contributed by atoms with Gasteiger partial charge in [0.2, 0.25) is 0 Å². The van der Waals surface area contributed by atoms with Crippen LogP contribution in [0.2, 0.25) is 0 Å². The van der Waals surface area contributed by atoms with E-state index < -0.39 is 0 Å². The van der Waals surface area contributed by atoms with Gasteiger partial charge >= 0.3 is 5.97 Å². The van der Waals surface area contributed by atoms with Gasteiger partial charge in [0.25, 0.3) is 0 Å². The van der Waals surface area contributed by atoms with Gasteiger partial charge in [-0.05, 0) is 41.7 Å². The van der Waals surface area contributed by atoms with E-state index in [2.05, 4.69) is 17.4 Å². The quantitative estimate of drug-likeness (QED) is 0.676. The number of ether oxygens (including phenoxy) is 1. The summed E-state index contributed by atoms with van der Waals surface area (Å²) < 4.78 is 5.35. The Hall–Kier alpha value is -2.13. The Morgan fingerprint density at radius 2 is 1.86 bits per heavy atom. The second-order valence-corrected chi connectivity index (χ2v) is 5.31. The Bertz CT molecular complexity index is 622. The summed E-state index contributed by atoms with van der Waals surface area (Å²) >= 11 is 0. The van der Waals surface area contributed by atoms with Crippen LogP contribution < -0.4 is 5.32 Å². The zero-order valence-corrected chi connectivity index (χ0v) is 12.0. The first-order chi connectivity index (χ1) is 10.3. The number of nitrogens with one attached hydrogen (secondary N) is 1. The van der Waals surface area contributed by atoms with Crippen molar-refractivity contribution in [1.82, 2.24) is 5.32 Å². The Morgan fingerprint density at radius 3 is 2.71 bits per heavy atom. The van der Waals surface area contributed by atoms with Crippen LogP contribution in [0.5, 0.6) is 0 Å². The number of carbonyl (C=O) groups is 1. The molecule has 2 aromatic carbocycles. The first-order valence-electron chi connectivity index (χ1n) is 7.36. The molecule has 0 unspecified atom stereocenters. The van der Waals surface area contributed by atoms with Crippen LogP contribution in [0.3, 0.4) is 0 Å². The highest BCUT2D eigenvalue weighted by atomic mass is 16.5. The number of benzene rings is 2. The van der Waals surface area contributed by atoms with Gasteiger partial charge in [-0.3, -0.25) is 0 Å². The van der Waals surface area contributed by atoms with Gasteiger partial charge in [0.05, 0.1) is 12.2 Å². The molecule has 0 aromatic heterocycles. The van der Waals surface area contributed by atoms with Gasteiger partial charge in [-0.25, -0.2) is 4.79 Å². The van der Waals surface area contributed by atoms with E-state index in [0.717, 1.165) is 25.9 Å². The highest BCUT2D eigenvalue weighted by molar-refractivity contribution is 5.89. The summed E-state index contributed by atoms with van der Waals surface area (Å²) in [6.07, 6.45) is 1.78. The Labute approximate surface area is 124 Å². The largest absolute Gasteiger partial charge is 0.462 e. The molecule has 108 valence electrons. The molecular weight excluding hydrogens is 262 g/mol. The molecule has 0 bridgehead atoms. The molecule has 3 nitrogen and oxygen atoms in total. The van der Waals surface area contributed by atoms with Crippen LogP contribution >= 0.6 is 0 Å². The molecule has 0 atom stereocenters. The molecule has 1 heterocycles. The average molecular weight is 281 g/mol. The van der Waals surface area contributed by atoms with Crippen molar-refractivity contribution in [1.29, 1.82) is 0 Å². The fourth-order valence-corrected chi connectivity index (χ4v) is 2.59. The lowest BCUT2D eigenvalue weighted by Gasteiger charge is -2.06. The number of esters is 1. The van der Waals surface area contributed by atoms with Gasteiger partial charge in [-0.15, -0.1) is 0 Å². The maximum absolute atomic E-state index is 12.0. The van der Waals surface area contributed by atoms with Crippen molar-refractivity contribution in [2.24, 2.45) is 0 Å². The minimum Gasteiger partial charge on any atom is -0.462 e. The van der Waals surface area contributed by atoms with Gasteiger partial charge in [0, 0.05) is 13.1 Å². The van der Waals surface area contributed by atoms with Crippen LogP contribution in [-0.2, 0) is 24.2 Å². The van der Waals surface area contributed by atoms with Crippen molar-refractivity contribution >= 4 is 5.97 Å². The third-order valence-electron chi connectivity index (χ3n) is 3.76. The highest BCUT2D eigenvalue weighted by Gasteiger charge is 2.14. The molecule has 1 aliphatic rings. The molecule has 0 aliphatic carbocycles. The van der Waals surface area contributed by atoms with E-state index in [1.54, 1.807) is 0 Å². The van der Waals surface area contributed by atoms with E-state index in [0.29, 0.717) is 12.2 Å². The van der Waals surface area contributed by atoms with E-state index in [-0.39, 0.29) is 5.97 Å². The summed E-state index contributed by atoms with van der Waals surface area (Å²) in [5.74, 6) is -0.224. The molecule has 3 rings (SSSR count). The summed E-state index contributed by atoms with van der Waals surface area (Å²) in [7, 11) is 0. The number of fused-ring (bicyclic) bond motifs is 1. The highest BCUT2D eigenvalue weighted by Crippen LogP contribution is 2.17. The second kappa shape index (κ2) is 6.55. The van der Waals surface area contributed by atoms with Crippen molar-refractivity contribution in [3.63, 3.8) is 0 Å². The van der Waals surface area contributed by atoms with Gasteiger partial charge < -0.3 is 10.1 Å². The van der Waals surface area contributed by atoms with Gasteiger partial charge in [0.15, 0.2) is 0 Å². The summed E-state index contributed by atoms with van der Waals surface area (Å²) in [5.41, 5.74) is 4.40. The molecule has 1 aliphatic heterocycles. The fourth-order valence-electron chi connectivity index (χ4n) is 2.59. The number of hydrogen-bond donors (Lipinski definition) is 1. The minimum absolute atomic E-state index is 0.224. The van der Waals surface area contributed by atoms with Crippen molar-refractivity contribution in [2.75, 3.05) is 6.61 Å². The standard InChI is InChI=1S/C18H19NO2/c20-18(15-8-9-16-12-19-13-17(16)11-15)21-10-4-7-14-5-2-1-3-6-14/h1-3,5-6,8-9,11,19H,4,7,10,12-13H2. The molecular formula is C18H19NO2. The zero-order chi connectivity index (χ0) is 14.5. The van der Waals surface area contributed by atoms with Crippen LogP contribution in [0.4, 0.5) is 0 Å². The van der Waals surface area contributed by atoms with Crippen LogP contribution in [0.25, 0.3) is 0 Å². The normalized spacial score (nSPS) is 13.0. The SMILES string of the molecule is O=C(OCCCc1ccccc1)c1ccc2c(c1)CNC2. The number of aryl methyl sites for hydroxylation is 1. The Balaban J connectivity index is 1.48. The summed E-state index contributed by atoms with van der Waals surface area (Å²) in [5, 5.41) is 3.27. The van der Waals surface area contributed by atoms with Crippen LogP contribution in [-0.4, -0.2) is 12.6 Å². The molecule has 0 radical (unpaired) electrons. The molecule has 21 heavy (non-hydrogen) atoms. The van der Waals surface area contributed by atoms with Crippen LogP contribution in [0.15, 0.2) is 48.5 Å². The fraction of sp³-hybridized carbons (Fsp3) is 0.278. The Kier molecular flexibility index (Phi) is 4.31. The monoisotopic (exact) mass is 281 g/mol. The molecule has 0 saturated heterocycles. The molecule has 0 spiro atoms. The van der Waals surface area contributed by atoms with Gasteiger partial charge in [0.1, 0.15) is 0 Å². The first-order valence-corrected chi connectivity index (χ1v) is 7.36. The van der Waals surface area contributed by atoms with Crippen molar-refractivity contribution in [3.8, 4) is 0 Å². The molecule has 0 amide bonds. The molecule has 0 saturated carbocycles. The van der Waals surface area contributed by atoms with Crippen molar-refractivity contribution < 1.29 is 9.53 Å². The number of hydrogen-bond acceptors (Lipinski definition) is 3. The summed E-state index contributed by atoms with van der Waals surface area (Å²) in [4.78, 5) is 12.0. The van der Waals surface area contributed by atoms with E-state index in [1.165, 1.54) is 16.7 Å². The van der Waals surface area contributed by atoms with Crippen LogP contribution in [0, 0.1) is 0 Å². The molecule has 1 N–H and O–H groups in total. The number of rotatable bonds is 5. The first kappa shape index (κ1) is 13.8. The third kappa shape index (κ3) is 3.50. The minimum atomic E-state index is -0.224. The molecule has 3 heteroatoms. The molecule has 0 fully saturated rings. The van der Waals surface area contributed by atoms with E-state index in [9.17, 15) is 4.79 Å². The van der Waals surface area contributed by atoms with E-state index >= 15 is 0 Å². The average Bonchev–Trinajstić information content (AvgIpc) is 3.00. The lowest BCUT2D eigenvalue weighted by atomic mass is 10.1. The van der Waals surface area contributed by atoms with Crippen LogP contribution in [0.1, 0.15) is 33.5 Å². The summed E-state index contributed by atoms with van der Waals surface area (Å²) in [6.45, 7) is 2.19. The van der Waals surface area contributed by atoms with E-state index in [4.69, 9.17) is 4.74 Å². The van der Waals surface area contributed by atoms with Gasteiger partial charge in [-0.2, -0.15) is 0 Å².